The topological polar surface area (TPSA) is 40.1 Å². The van der Waals surface area contributed by atoms with Gasteiger partial charge in [-0.15, -0.1) is 11.8 Å². The molecule has 1 saturated carbocycles. The maximum atomic E-state index is 11.4. The van der Waals surface area contributed by atoms with Crippen LogP contribution in [0.2, 0.25) is 0 Å². The van der Waals surface area contributed by atoms with Crippen LogP contribution in [-0.2, 0) is 4.79 Å². The van der Waals surface area contributed by atoms with Crippen LogP contribution >= 0.6 is 11.8 Å². The summed E-state index contributed by atoms with van der Waals surface area (Å²) >= 11 is 1.43. The van der Waals surface area contributed by atoms with Crippen LogP contribution in [0.5, 0.6) is 0 Å². The first-order valence-corrected chi connectivity index (χ1v) is 7.49. The van der Waals surface area contributed by atoms with Crippen molar-refractivity contribution in [2.75, 3.05) is 0 Å². The van der Waals surface area contributed by atoms with Crippen LogP contribution in [0.15, 0.2) is 35.2 Å². The van der Waals surface area contributed by atoms with Crippen LogP contribution < -0.4 is 5.11 Å². The quantitative estimate of drug-likeness (QED) is 0.767. The van der Waals surface area contributed by atoms with Crippen molar-refractivity contribution in [3.63, 3.8) is 0 Å². The van der Waals surface area contributed by atoms with E-state index >= 15 is 0 Å². The highest BCUT2D eigenvalue weighted by atomic mass is 32.2. The van der Waals surface area contributed by atoms with Crippen molar-refractivity contribution >= 4 is 17.7 Å². The number of carbonyl (C=O) groups excluding carboxylic acids is 1. The minimum atomic E-state index is -0.928. The predicted octanol–water partition coefficient (Wildman–Crippen LogP) is 2.72. The summed E-state index contributed by atoms with van der Waals surface area (Å²) in [4.78, 5) is 12.4. The van der Waals surface area contributed by atoms with Crippen LogP contribution in [0.25, 0.3) is 0 Å². The Kier molecular flexibility index (Phi) is 4.70. The smallest absolute Gasteiger partial charge is 0.0551 e. The van der Waals surface area contributed by atoms with Crippen molar-refractivity contribution in [3.8, 4) is 0 Å². The maximum Gasteiger partial charge on any atom is 0.0551 e. The Bertz CT molecular complexity index is 385. The second-order valence-corrected chi connectivity index (χ2v) is 6.29. The van der Waals surface area contributed by atoms with Gasteiger partial charge in [0.25, 0.3) is 0 Å². The predicted molar refractivity (Wildman–Crippen MR) is 72.2 cm³/mol. The fraction of sp³-hybridized carbons (Fsp3) is 0.533. The Hall–Kier alpha value is -0.960. The van der Waals surface area contributed by atoms with Crippen LogP contribution in [-0.4, -0.2) is 11.2 Å². The lowest BCUT2D eigenvalue weighted by Gasteiger charge is -2.29. The zero-order chi connectivity index (χ0) is 13.0. The molecule has 0 radical (unpaired) electrons. The Balaban J connectivity index is 2.05. The van der Waals surface area contributed by atoms with Gasteiger partial charge in [-0.05, 0) is 24.0 Å². The molecule has 2 unspecified atom stereocenters. The van der Waals surface area contributed by atoms with Gasteiger partial charge >= 0.3 is 0 Å². The first kappa shape index (κ1) is 13.5. The Morgan fingerprint density at radius 2 is 1.89 bits per heavy atom. The zero-order valence-electron chi connectivity index (χ0n) is 10.7. The summed E-state index contributed by atoms with van der Waals surface area (Å²) in [5.41, 5.74) is 0. The number of carboxylic acids is 1. The first-order valence-electron chi connectivity index (χ1n) is 6.61. The molecule has 3 heteroatoms. The summed E-state index contributed by atoms with van der Waals surface area (Å²) in [5.74, 6) is -0.199. The molecule has 2 atom stereocenters. The molecule has 1 aromatic rings. The highest BCUT2D eigenvalue weighted by Gasteiger charge is 2.29. The van der Waals surface area contributed by atoms with Gasteiger partial charge < -0.3 is 9.90 Å². The Labute approximate surface area is 113 Å². The molecule has 1 fully saturated rings. The number of rotatable bonds is 5. The molecule has 1 aromatic carbocycles. The van der Waals surface area contributed by atoms with Gasteiger partial charge in [-0.2, -0.15) is 0 Å². The average Bonchev–Trinajstić information content (AvgIpc) is 2.90. The number of thioether (sulfide) groups is 1. The highest BCUT2D eigenvalue weighted by molar-refractivity contribution is 8.00. The van der Waals surface area contributed by atoms with Crippen molar-refractivity contribution in [1.29, 1.82) is 0 Å². The maximum absolute atomic E-state index is 11.4. The third-order valence-electron chi connectivity index (χ3n) is 3.86. The minimum Gasteiger partial charge on any atom is -0.549 e. The molecular formula is C15H19O2S-. The van der Waals surface area contributed by atoms with E-state index in [0.717, 1.165) is 4.90 Å². The average molecular weight is 263 g/mol. The summed E-state index contributed by atoms with van der Waals surface area (Å²) in [6.07, 6.45) is 4.82. The lowest BCUT2D eigenvalue weighted by Crippen LogP contribution is -2.39. The Morgan fingerprint density at radius 3 is 2.44 bits per heavy atom. The number of hydrogen-bond donors (Lipinski definition) is 0. The van der Waals surface area contributed by atoms with Gasteiger partial charge in [0, 0.05) is 4.90 Å². The van der Waals surface area contributed by atoms with Crippen molar-refractivity contribution in [3.05, 3.63) is 30.3 Å². The van der Waals surface area contributed by atoms with Gasteiger partial charge in [0.15, 0.2) is 0 Å². The molecule has 0 spiro atoms. The normalized spacial score (nSPS) is 19.6. The summed E-state index contributed by atoms with van der Waals surface area (Å²) in [5, 5.41) is 10.9. The van der Waals surface area contributed by atoms with Crippen molar-refractivity contribution in [2.24, 2.45) is 11.8 Å². The van der Waals surface area contributed by atoms with Crippen molar-refractivity contribution < 1.29 is 9.90 Å². The standard InChI is InChI=1S/C15H20O2S/c1-11(12-7-5-6-8-12)14(15(16)17)18-13-9-3-2-4-10-13/h2-4,9-12,14H,5-8H2,1H3,(H,16,17)/p-1. The molecule has 2 nitrogen and oxygen atoms in total. The number of benzene rings is 1. The Morgan fingerprint density at radius 1 is 1.28 bits per heavy atom. The molecule has 18 heavy (non-hydrogen) atoms. The van der Waals surface area contributed by atoms with Gasteiger partial charge in [-0.3, -0.25) is 0 Å². The van der Waals surface area contributed by atoms with E-state index in [4.69, 9.17) is 0 Å². The largest absolute Gasteiger partial charge is 0.549 e. The second kappa shape index (κ2) is 6.28. The third-order valence-corrected chi connectivity index (χ3v) is 5.28. The fourth-order valence-electron chi connectivity index (χ4n) is 2.75. The fourth-order valence-corrected chi connectivity index (χ4v) is 3.89. The lowest BCUT2D eigenvalue weighted by molar-refractivity contribution is -0.306. The molecule has 2 rings (SSSR count). The zero-order valence-corrected chi connectivity index (χ0v) is 11.5. The molecule has 0 heterocycles. The van der Waals surface area contributed by atoms with Crippen LogP contribution in [0.1, 0.15) is 32.6 Å². The molecule has 0 aliphatic heterocycles. The van der Waals surface area contributed by atoms with E-state index in [1.54, 1.807) is 0 Å². The summed E-state index contributed by atoms with van der Waals surface area (Å²) < 4.78 is 0. The molecule has 0 N–H and O–H groups in total. The summed E-state index contributed by atoms with van der Waals surface area (Å²) in [7, 11) is 0. The van der Waals surface area contributed by atoms with Crippen LogP contribution in [0.4, 0.5) is 0 Å². The second-order valence-electron chi connectivity index (χ2n) is 5.07. The van der Waals surface area contributed by atoms with Gasteiger partial charge in [0.1, 0.15) is 0 Å². The van der Waals surface area contributed by atoms with Gasteiger partial charge in [0.2, 0.25) is 0 Å². The first-order chi connectivity index (χ1) is 8.68. The van der Waals surface area contributed by atoms with Crippen molar-refractivity contribution in [1.82, 2.24) is 0 Å². The molecular weight excluding hydrogens is 244 g/mol. The SMILES string of the molecule is CC(C1CCCC1)C(Sc1ccccc1)C(=O)[O-]. The molecule has 0 aromatic heterocycles. The van der Waals surface area contributed by atoms with Gasteiger partial charge in [-0.25, -0.2) is 0 Å². The van der Waals surface area contributed by atoms with E-state index in [0.29, 0.717) is 5.92 Å². The van der Waals surface area contributed by atoms with E-state index in [1.165, 1.54) is 37.4 Å². The lowest BCUT2D eigenvalue weighted by atomic mass is 9.89. The highest BCUT2D eigenvalue weighted by Crippen LogP contribution is 2.38. The van der Waals surface area contributed by atoms with E-state index in [2.05, 4.69) is 6.92 Å². The molecule has 1 aliphatic rings. The van der Waals surface area contributed by atoms with Gasteiger partial charge in [0.05, 0.1) is 11.2 Å². The van der Waals surface area contributed by atoms with E-state index in [1.807, 2.05) is 30.3 Å². The van der Waals surface area contributed by atoms with Crippen molar-refractivity contribution in [2.45, 2.75) is 42.8 Å². The van der Waals surface area contributed by atoms with E-state index in [-0.39, 0.29) is 5.92 Å². The van der Waals surface area contributed by atoms with Crippen LogP contribution in [0.3, 0.4) is 0 Å². The third kappa shape index (κ3) is 3.29. The number of hydrogen-bond acceptors (Lipinski definition) is 3. The minimum absolute atomic E-state index is 0.183. The monoisotopic (exact) mass is 263 g/mol. The number of carboxylic acid groups (broad SMARTS) is 1. The van der Waals surface area contributed by atoms with E-state index < -0.39 is 11.2 Å². The molecule has 98 valence electrons. The summed E-state index contributed by atoms with van der Waals surface area (Å²) in [6, 6.07) is 9.74. The molecule has 0 saturated heterocycles. The summed E-state index contributed by atoms with van der Waals surface area (Å²) in [6.45, 7) is 2.06. The molecule has 0 bridgehead atoms. The molecule has 1 aliphatic carbocycles. The number of carbonyl (C=O) groups is 1. The van der Waals surface area contributed by atoms with Crippen LogP contribution in [0, 0.1) is 11.8 Å². The number of aliphatic carboxylic acids is 1. The van der Waals surface area contributed by atoms with E-state index in [9.17, 15) is 9.90 Å². The van der Waals surface area contributed by atoms with Gasteiger partial charge in [-0.1, -0.05) is 50.8 Å². The molecule has 0 amide bonds.